The summed E-state index contributed by atoms with van der Waals surface area (Å²) in [5.41, 5.74) is 0. The fourth-order valence-corrected chi connectivity index (χ4v) is 2.38. The highest BCUT2D eigenvalue weighted by molar-refractivity contribution is 9.09. The number of halogens is 1. The predicted octanol–water partition coefficient (Wildman–Crippen LogP) is 1.45. The molecule has 5 heteroatoms. The lowest BCUT2D eigenvalue weighted by Gasteiger charge is -2.26. The van der Waals surface area contributed by atoms with Crippen molar-refractivity contribution in [3.63, 3.8) is 0 Å². The van der Waals surface area contributed by atoms with Crippen LogP contribution in [0.15, 0.2) is 24.8 Å². The molecule has 0 radical (unpaired) electrons. The molecule has 0 fully saturated rings. The number of nitrogens with zero attached hydrogens (tertiary/aromatic N) is 4. The van der Waals surface area contributed by atoms with E-state index in [1.165, 1.54) is 0 Å². The molecule has 4 nitrogen and oxygen atoms in total. The highest BCUT2D eigenvalue weighted by atomic mass is 79.9. The summed E-state index contributed by atoms with van der Waals surface area (Å²) >= 11 is 3.74. The first-order valence-corrected chi connectivity index (χ1v) is 6.48. The number of hydrogen-bond donors (Lipinski definition) is 0. The first kappa shape index (κ1) is 11.6. The average molecular weight is 287 g/mol. The van der Waals surface area contributed by atoms with E-state index < -0.39 is 0 Å². The lowest BCUT2D eigenvalue weighted by Crippen LogP contribution is -2.32. The largest absolute Gasteiger partial charge is 0.362 e. The molecular weight excluding hydrogens is 268 g/mol. The molecule has 2 aliphatic rings. The number of alkyl halides is 1. The Kier molecular flexibility index (Phi) is 3.63. The molecule has 2 aliphatic heterocycles. The van der Waals surface area contributed by atoms with E-state index >= 15 is 0 Å². The Morgan fingerprint density at radius 1 is 1.06 bits per heavy atom. The van der Waals surface area contributed by atoms with Crippen molar-refractivity contribution in [3.05, 3.63) is 24.8 Å². The Balaban J connectivity index is 1.70. The van der Waals surface area contributed by atoms with E-state index in [0.717, 1.165) is 26.3 Å². The van der Waals surface area contributed by atoms with Crippen LogP contribution >= 0.6 is 15.9 Å². The monoisotopic (exact) mass is 286 g/mol. The zero-order valence-electron chi connectivity index (χ0n) is 9.88. The van der Waals surface area contributed by atoms with Gasteiger partial charge in [0.25, 0.3) is 0 Å². The van der Waals surface area contributed by atoms with Gasteiger partial charge in [-0.3, -0.25) is 0 Å². The van der Waals surface area contributed by atoms with E-state index in [2.05, 4.69) is 74.4 Å². The van der Waals surface area contributed by atoms with Gasteiger partial charge in [0, 0.05) is 45.4 Å². The van der Waals surface area contributed by atoms with Crippen LogP contribution in [0.3, 0.4) is 0 Å². The van der Waals surface area contributed by atoms with Crippen molar-refractivity contribution in [1.82, 2.24) is 19.6 Å². The van der Waals surface area contributed by atoms with E-state index in [1.54, 1.807) is 0 Å². The topological polar surface area (TPSA) is 13.0 Å². The standard InChI is InChI=1S/C11H19BrN4/c1-13-5-7-15(9-13)4-3-11(12)16-8-6-14(2)10-16/h5-8,11H,3-4,9-10H2,1-2H3. The van der Waals surface area contributed by atoms with Crippen molar-refractivity contribution in [2.75, 3.05) is 34.0 Å². The molecule has 1 atom stereocenters. The molecule has 1 unspecified atom stereocenters. The van der Waals surface area contributed by atoms with E-state index in [-0.39, 0.29) is 0 Å². The molecule has 0 spiro atoms. The summed E-state index contributed by atoms with van der Waals surface area (Å²) < 4.78 is 0. The van der Waals surface area contributed by atoms with Crippen LogP contribution < -0.4 is 0 Å². The van der Waals surface area contributed by atoms with E-state index in [1.807, 2.05) is 0 Å². The summed E-state index contributed by atoms with van der Waals surface area (Å²) in [4.78, 5) is 9.43. The Morgan fingerprint density at radius 2 is 1.75 bits per heavy atom. The number of hydrogen-bond acceptors (Lipinski definition) is 4. The van der Waals surface area contributed by atoms with Gasteiger partial charge in [-0.05, 0) is 6.42 Å². The SMILES string of the molecule is CN1C=CN(CCC(Br)N2C=CN(C)C2)C1. The third kappa shape index (κ3) is 2.84. The zero-order chi connectivity index (χ0) is 11.5. The Bertz CT molecular complexity index is 292. The van der Waals surface area contributed by atoms with Crippen molar-refractivity contribution >= 4 is 15.9 Å². The van der Waals surface area contributed by atoms with Gasteiger partial charge in [0.15, 0.2) is 0 Å². The fraction of sp³-hybridized carbons (Fsp3) is 0.636. The smallest absolute Gasteiger partial charge is 0.0901 e. The van der Waals surface area contributed by atoms with Gasteiger partial charge < -0.3 is 19.6 Å². The maximum atomic E-state index is 3.74. The quantitative estimate of drug-likeness (QED) is 0.573. The molecule has 0 saturated carbocycles. The van der Waals surface area contributed by atoms with Gasteiger partial charge in [-0.2, -0.15) is 0 Å². The second-order valence-electron chi connectivity index (χ2n) is 4.44. The highest BCUT2D eigenvalue weighted by Gasteiger charge is 2.18. The molecule has 2 heterocycles. The van der Waals surface area contributed by atoms with Gasteiger partial charge in [0.05, 0.1) is 18.3 Å². The first-order chi connectivity index (χ1) is 7.65. The Hall–Kier alpha value is -0.840. The summed E-state index contributed by atoms with van der Waals surface area (Å²) in [6, 6.07) is 0. The Morgan fingerprint density at radius 3 is 2.31 bits per heavy atom. The van der Waals surface area contributed by atoms with E-state index in [4.69, 9.17) is 0 Å². The summed E-state index contributed by atoms with van der Waals surface area (Å²) in [6.45, 7) is 3.08. The second-order valence-corrected chi connectivity index (χ2v) is 5.50. The Labute approximate surface area is 106 Å². The van der Waals surface area contributed by atoms with Crippen LogP contribution in [-0.4, -0.2) is 58.5 Å². The highest BCUT2D eigenvalue weighted by Crippen LogP contribution is 2.18. The second kappa shape index (κ2) is 4.99. The van der Waals surface area contributed by atoms with Crippen LogP contribution in [0.1, 0.15) is 6.42 Å². The average Bonchev–Trinajstić information content (AvgIpc) is 2.84. The van der Waals surface area contributed by atoms with Gasteiger partial charge >= 0.3 is 0 Å². The molecule has 90 valence electrons. The van der Waals surface area contributed by atoms with Crippen LogP contribution in [-0.2, 0) is 0 Å². The van der Waals surface area contributed by atoms with Gasteiger partial charge in [-0.25, -0.2) is 0 Å². The van der Waals surface area contributed by atoms with Crippen LogP contribution in [0.25, 0.3) is 0 Å². The van der Waals surface area contributed by atoms with Gasteiger partial charge in [-0.15, -0.1) is 0 Å². The molecular formula is C11H19BrN4. The first-order valence-electron chi connectivity index (χ1n) is 5.56. The van der Waals surface area contributed by atoms with Crippen molar-refractivity contribution < 1.29 is 0 Å². The fourth-order valence-electron chi connectivity index (χ4n) is 1.91. The van der Waals surface area contributed by atoms with Crippen LogP contribution in [0.2, 0.25) is 0 Å². The molecule has 0 aromatic carbocycles. The molecule has 16 heavy (non-hydrogen) atoms. The maximum Gasteiger partial charge on any atom is 0.0901 e. The molecule has 0 aliphatic carbocycles. The number of rotatable bonds is 4. The molecule has 0 saturated heterocycles. The lowest BCUT2D eigenvalue weighted by molar-refractivity contribution is 0.246. The third-order valence-corrected chi connectivity index (χ3v) is 3.83. The van der Waals surface area contributed by atoms with Crippen molar-refractivity contribution in [3.8, 4) is 0 Å². The molecule has 0 amide bonds. The van der Waals surface area contributed by atoms with E-state index in [9.17, 15) is 0 Å². The zero-order valence-corrected chi connectivity index (χ0v) is 11.5. The van der Waals surface area contributed by atoms with Crippen molar-refractivity contribution in [1.29, 1.82) is 0 Å². The third-order valence-electron chi connectivity index (χ3n) is 2.85. The molecule has 0 aromatic heterocycles. The van der Waals surface area contributed by atoms with Gasteiger partial charge in [-0.1, -0.05) is 15.9 Å². The van der Waals surface area contributed by atoms with Gasteiger partial charge in [0.1, 0.15) is 0 Å². The minimum Gasteiger partial charge on any atom is -0.362 e. The molecule has 0 N–H and O–H groups in total. The minimum absolute atomic E-state index is 0.424. The van der Waals surface area contributed by atoms with Crippen molar-refractivity contribution in [2.45, 2.75) is 11.4 Å². The maximum absolute atomic E-state index is 3.74. The summed E-state index contributed by atoms with van der Waals surface area (Å²) in [7, 11) is 4.19. The van der Waals surface area contributed by atoms with Crippen LogP contribution in [0.5, 0.6) is 0 Å². The lowest BCUT2D eigenvalue weighted by atomic mass is 10.4. The van der Waals surface area contributed by atoms with Crippen LogP contribution in [0.4, 0.5) is 0 Å². The predicted molar refractivity (Wildman–Crippen MR) is 69.4 cm³/mol. The summed E-state index contributed by atoms with van der Waals surface area (Å²) in [6.07, 6.45) is 9.65. The summed E-state index contributed by atoms with van der Waals surface area (Å²) in [5, 5.41) is 0. The van der Waals surface area contributed by atoms with Crippen molar-refractivity contribution in [2.24, 2.45) is 0 Å². The normalized spacial score (nSPS) is 21.4. The minimum atomic E-state index is 0.424. The van der Waals surface area contributed by atoms with Gasteiger partial charge in [0.2, 0.25) is 0 Å². The van der Waals surface area contributed by atoms with Crippen LogP contribution in [0, 0.1) is 0 Å². The molecule has 0 aromatic rings. The molecule has 0 bridgehead atoms. The molecule has 2 rings (SSSR count). The summed E-state index contributed by atoms with van der Waals surface area (Å²) in [5.74, 6) is 0. The van der Waals surface area contributed by atoms with E-state index in [0.29, 0.717) is 4.95 Å².